The number of rotatable bonds is 6. The van der Waals surface area contributed by atoms with E-state index in [1.807, 2.05) is 48.7 Å². The Hall–Kier alpha value is -3.19. The molecule has 1 aliphatic heterocycles. The van der Waals surface area contributed by atoms with Gasteiger partial charge >= 0.3 is 5.97 Å². The number of methoxy groups -OCH3 is 1. The molecular formula is C24H24N2O4S. The fourth-order valence-corrected chi connectivity index (χ4v) is 4.56. The Morgan fingerprint density at radius 2 is 2.03 bits per heavy atom. The zero-order chi connectivity index (χ0) is 22.0. The number of anilines is 1. The Kier molecular flexibility index (Phi) is 6.04. The number of carbonyl (C=O) groups is 2. The van der Waals surface area contributed by atoms with E-state index in [4.69, 9.17) is 14.5 Å². The second kappa shape index (κ2) is 8.89. The highest BCUT2D eigenvalue weighted by Crippen LogP contribution is 2.39. The molecular weight excluding hydrogens is 412 g/mol. The van der Waals surface area contributed by atoms with Crippen LogP contribution in [0.15, 0.2) is 53.9 Å². The molecule has 0 N–H and O–H groups in total. The number of benzene rings is 2. The summed E-state index contributed by atoms with van der Waals surface area (Å²) in [5.74, 6) is -0.136. The summed E-state index contributed by atoms with van der Waals surface area (Å²) in [5.41, 5.74) is 3.47. The summed E-state index contributed by atoms with van der Waals surface area (Å²) >= 11 is 1.60. The van der Waals surface area contributed by atoms with Gasteiger partial charge in [0.25, 0.3) is 5.91 Å². The van der Waals surface area contributed by atoms with Gasteiger partial charge in [0.1, 0.15) is 11.8 Å². The van der Waals surface area contributed by atoms with Gasteiger partial charge in [-0.15, -0.1) is 11.3 Å². The lowest BCUT2D eigenvalue weighted by molar-refractivity contribution is -0.144. The summed E-state index contributed by atoms with van der Waals surface area (Å²) < 4.78 is 10.7. The number of esters is 1. The van der Waals surface area contributed by atoms with Crippen LogP contribution >= 0.6 is 11.3 Å². The van der Waals surface area contributed by atoms with E-state index < -0.39 is 18.1 Å². The average molecular weight is 437 g/mol. The summed E-state index contributed by atoms with van der Waals surface area (Å²) in [4.78, 5) is 31.6. The zero-order valence-electron chi connectivity index (χ0n) is 17.7. The van der Waals surface area contributed by atoms with Crippen molar-refractivity contribution in [3.05, 3.63) is 64.5 Å². The molecule has 7 heteroatoms. The molecule has 0 radical (unpaired) electrons. The van der Waals surface area contributed by atoms with Crippen molar-refractivity contribution in [3.8, 4) is 17.0 Å². The Bertz CT molecular complexity index is 1100. The molecule has 3 aromatic rings. The number of hydrogen-bond donors (Lipinski definition) is 0. The van der Waals surface area contributed by atoms with Crippen molar-refractivity contribution in [2.75, 3.05) is 12.0 Å². The Morgan fingerprint density at radius 1 is 1.26 bits per heavy atom. The van der Waals surface area contributed by atoms with Crippen LogP contribution in [0.3, 0.4) is 0 Å². The predicted octanol–water partition coefficient (Wildman–Crippen LogP) is 4.47. The van der Waals surface area contributed by atoms with Crippen LogP contribution in [-0.4, -0.2) is 36.1 Å². The molecule has 2 aromatic carbocycles. The third kappa shape index (κ3) is 4.18. The van der Waals surface area contributed by atoms with Crippen molar-refractivity contribution < 1.29 is 19.1 Å². The average Bonchev–Trinajstić information content (AvgIpc) is 3.25. The zero-order valence-corrected chi connectivity index (χ0v) is 18.5. The minimum absolute atomic E-state index is 0.259. The number of carbonyl (C=O) groups excluding carboxylic acids is 2. The van der Waals surface area contributed by atoms with Crippen LogP contribution < -0.4 is 9.64 Å². The molecule has 1 aromatic heterocycles. The summed E-state index contributed by atoms with van der Waals surface area (Å²) in [6, 6.07) is 15.1. The van der Waals surface area contributed by atoms with Crippen LogP contribution in [0.4, 0.5) is 5.69 Å². The molecule has 4 rings (SSSR count). The highest BCUT2D eigenvalue weighted by molar-refractivity contribution is 7.10. The van der Waals surface area contributed by atoms with Crippen LogP contribution in [0, 0.1) is 0 Å². The summed E-state index contributed by atoms with van der Waals surface area (Å²) in [6.45, 7) is 3.54. The van der Waals surface area contributed by atoms with E-state index in [9.17, 15) is 9.59 Å². The number of aromatic nitrogens is 1. The second-order valence-electron chi connectivity index (χ2n) is 7.39. The molecule has 0 saturated carbocycles. The first kappa shape index (κ1) is 21.1. The highest BCUT2D eigenvalue weighted by Gasteiger charge is 2.39. The molecule has 2 heterocycles. The van der Waals surface area contributed by atoms with E-state index in [1.54, 1.807) is 18.3 Å². The minimum atomic E-state index is -0.707. The molecule has 2 atom stereocenters. The fourth-order valence-electron chi connectivity index (χ4n) is 3.73. The van der Waals surface area contributed by atoms with E-state index in [1.165, 1.54) is 17.6 Å². The molecule has 0 spiro atoms. The maximum atomic E-state index is 12.9. The lowest BCUT2D eigenvalue weighted by Crippen LogP contribution is -2.52. The summed E-state index contributed by atoms with van der Waals surface area (Å²) in [6.07, 6.45) is 0.531. The van der Waals surface area contributed by atoms with Gasteiger partial charge in [-0.05, 0) is 37.1 Å². The standard InChI is InChI=1S/C24H24N2O4S/c1-4-19(24(28)29-3)26-20-13-17(10-11-21(20)30-15(2)23(26)27)18-14-31-22(25-18)12-16-8-6-5-7-9-16/h5-11,13-15,19H,4,12H2,1-3H3. The van der Waals surface area contributed by atoms with E-state index in [-0.39, 0.29) is 5.91 Å². The van der Waals surface area contributed by atoms with Gasteiger partial charge in [-0.2, -0.15) is 0 Å². The predicted molar refractivity (Wildman–Crippen MR) is 120 cm³/mol. The van der Waals surface area contributed by atoms with Crippen molar-refractivity contribution in [2.24, 2.45) is 0 Å². The molecule has 0 bridgehead atoms. The van der Waals surface area contributed by atoms with Crippen molar-refractivity contribution in [2.45, 2.75) is 38.8 Å². The van der Waals surface area contributed by atoms with Crippen LogP contribution in [0.25, 0.3) is 11.3 Å². The summed E-state index contributed by atoms with van der Waals surface area (Å²) in [5, 5.41) is 3.02. The number of amides is 1. The Balaban J connectivity index is 1.68. The largest absolute Gasteiger partial charge is 0.479 e. The summed E-state index contributed by atoms with van der Waals surface area (Å²) in [7, 11) is 1.33. The number of thiazole rings is 1. The highest BCUT2D eigenvalue weighted by atomic mass is 32.1. The first-order chi connectivity index (χ1) is 15.0. The van der Waals surface area contributed by atoms with E-state index in [2.05, 4.69) is 12.1 Å². The topological polar surface area (TPSA) is 68.7 Å². The SMILES string of the molecule is CCC(C(=O)OC)N1C(=O)C(C)Oc2ccc(-c3csc(Cc4ccccc4)n3)cc21. The second-order valence-corrected chi connectivity index (χ2v) is 8.33. The van der Waals surface area contributed by atoms with Gasteiger partial charge in [0.2, 0.25) is 0 Å². The fraction of sp³-hybridized carbons (Fsp3) is 0.292. The number of fused-ring (bicyclic) bond motifs is 1. The molecule has 0 aliphatic carbocycles. The van der Waals surface area contributed by atoms with Crippen molar-refractivity contribution in [1.82, 2.24) is 4.98 Å². The van der Waals surface area contributed by atoms with Gasteiger partial charge in [-0.1, -0.05) is 37.3 Å². The lowest BCUT2D eigenvalue weighted by atomic mass is 10.0. The minimum Gasteiger partial charge on any atom is -0.479 e. The van der Waals surface area contributed by atoms with E-state index >= 15 is 0 Å². The first-order valence-corrected chi connectivity index (χ1v) is 11.1. The molecule has 1 amide bonds. The van der Waals surface area contributed by atoms with Crippen LogP contribution in [-0.2, 0) is 20.7 Å². The maximum absolute atomic E-state index is 12.9. The first-order valence-electron chi connectivity index (χ1n) is 10.2. The van der Waals surface area contributed by atoms with Gasteiger partial charge in [0, 0.05) is 17.4 Å². The molecule has 160 valence electrons. The molecule has 6 nitrogen and oxygen atoms in total. The van der Waals surface area contributed by atoms with E-state index in [0.29, 0.717) is 17.9 Å². The quantitative estimate of drug-likeness (QED) is 0.534. The van der Waals surface area contributed by atoms with Gasteiger partial charge in [0.15, 0.2) is 6.10 Å². The molecule has 31 heavy (non-hydrogen) atoms. The lowest BCUT2D eigenvalue weighted by Gasteiger charge is -2.36. The maximum Gasteiger partial charge on any atom is 0.328 e. The van der Waals surface area contributed by atoms with Crippen molar-refractivity contribution in [3.63, 3.8) is 0 Å². The van der Waals surface area contributed by atoms with Gasteiger partial charge < -0.3 is 9.47 Å². The third-order valence-corrected chi connectivity index (χ3v) is 6.17. The third-order valence-electron chi connectivity index (χ3n) is 5.32. The number of nitrogens with zero attached hydrogens (tertiary/aromatic N) is 2. The monoisotopic (exact) mass is 436 g/mol. The molecule has 0 saturated heterocycles. The molecule has 0 fully saturated rings. The Morgan fingerprint density at radius 3 is 2.74 bits per heavy atom. The van der Waals surface area contributed by atoms with Crippen molar-refractivity contribution >= 4 is 28.9 Å². The number of ether oxygens (including phenoxy) is 2. The van der Waals surface area contributed by atoms with E-state index in [0.717, 1.165) is 22.7 Å². The van der Waals surface area contributed by atoms with Gasteiger partial charge in [-0.3, -0.25) is 9.69 Å². The van der Waals surface area contributed by atoms with Gasteiger partial charge in [0.05, 0.1) is 23.5 Å². The normalized spacial score (nSPS) is 16.4. The smallest absolute Gasteiger partial charge is 0.328 e. The Labute approximate surface area is 185 Å². The number of hydrogen-bond acceptors (Lipinski definition) is 6. The van der Waals surface area contributed by atoms with Crippen LogP contribution in [0.2, 0.25) is 0 Å². The molecule has 2 unspecified atom stereocenters. The molecule has 1 aliphatic rings. The van der Waals surface area contributed by atoms with Gasteiger partial charge in [-0.25, -0.2) is 9.78 Å². The van der Waals surface area contributed by atoms with Crippen LogP contribution in [0.5, 0.6) is 5.75 Å². The van der Waals surface area contributed by atoms with Crippen LogP contribution in [0.1, 0.15) is 30.8 Å². The van der Waals surface area contributed by atoms with Crippen molar-refractivity contribution in [1.29, 1.82) is 0 Å².